The molecule has 0 atom stereocenters. The van der Waals surface area contributed by atoms with Crippen molar-refractivity contribution in [3.8, 4) is 0 Å². The largest absolute Gasteiger partial charge is 0.351 e. The summed E-state index contributed by atoms with van der Waals surface area (Å²) in [4.78, 5) is 17.1. The first-order chi connectivity index (χ1) is 8.40. The molecule has 2 N–H and O–H groups in total. The summed E-state index contributed by atoms with van der Waals surface area (Å²) in [5.41, 5.74) is -0.148. The van der Waals surface area contributed by atoms with Crippen LogP contribution in [0.15, 0.2) is 6.20 Å². The minimum absolute atomic E-state index is 0.0913. The Labute approximate surface area is 113 Å². The first-order valence-electron chi connectivity index (χ1n) is 6.36. The number of carbonyl (C=O) groups excluding carboxylic acids is 1. The van der Waals surface area contributed by atoms with Crippen LogP contribution in [-0.4, -0.2) is 23.0 Å². The van der Waals surface area contributed by atoms with Crippen LogP contribution >= 0.6 is 11.3 Å². The van der Waals surface area contributed by atoms with Gasteiger partial charge in [-0.1, -0.05) is 6.92 Å². The number of amides is 1. The second-order valence-electron chi connectivity index (χ2n) is 5.30. The van der Waals surface area contributed by atoms with E-state index in [1.807, 2.05) is 27.0 Å². The molecule has 102 valence electrons. The Kier molecular flexibility index (Phi) is 5.75. The molecule has 0 aliphatic heterocycles. The molecule has 0 fully saturated rings. The van der Waals surface area contributed by atoms with Gasteiger partial charge in [-0.15, -0.1) is 11.3 Å². The van der Waals surface area contributed by atoms with Crippen LogP contribution in [0.2, 0.25) is 0 Å². The maximum atomic E-state index is 11.6. The van der Waals surface area contributed by atoms with Gasteiger partial charge in [-0.2, -0.15) is 0 Å². The molecule has 0 aliphatic rings. The molecule has 0 bridgehead atoms. The van der Waals surface area contributed by atoms with Crippen molar-refractivity contribution in [3.05, 3.63) is 16.1 Å². The molecule has 5 heteroatoms. The van der Waals surface area contributed by atoms with Crippen molar-refractivity contribution in [3.63, 3.8) is 0 Å². The fraction of sp³-hybridized carbons (Fsp3) is 0.692. The van der Waals surface area contributed by atoms with Gasteiger partial charge in [0.2, 0.25) is 5.91 Å². The van der Waals surface area contributed by atoms with Crippen LogP contribution < -0.4 is 10.6 Å². The maximum absolute atomic E-state index is 11.6. The van der Waals surface area contributed by atoms with Gasteiger partial charge in [-0.3, -0.25) is 4.79 Å². The van der Waals surface area contributed by atoms with Gasteiger partial charge in [0, 0.05) is 36.1 Å². The summed E-state index contributed by atoms with van der Waals surface area (Å²) in [7, 11) is 0. The van der Waals surface area contributed by atoms with E-state index in [2.05, 4.69) is 22.5 Å². The van der Waals surface area contributed by atoms with Crippen molar-refractivity contribution in [2.24, 2.45) is 0 Å². The molecule has 1 amide bonds. The number of hydrogen-bond donors (Lipinski definition) is 2. The standard InChI is InChI=1S/C13H23N3OS/c1-5-12-15-9-10(18-12)8-14-7-6-11(17)16-13(2,3)4/h9,14H,5-8H2,1-4H3,(H,16,17). The smallest absolute Gasteiger partial charge is 0.221 e. The van der Waals surface area contributed by atoms with Crippen LogP contribution in [0.5, 0.6) is 0 Å². The summed E-state index contributed by atoms with van der Waals surface area (Å²) in [5.74, 6) is 0.0913. The van der Waals surface area contributed by atoms with E-state index in [1.165, 1.54) is 4.88 Å². The molecule has 1 aromatic heterocycles. The molecule has 0 spiro atoms. The van der Waals surface area contributed by atoms with Crippen molar-refractivity contribution in [2.45, 2.75) is 52.6 Å². The van der Waals surface area contributed by atoms with E-state index in [9.17, 15) is 4.79 Å². The Balaban J connectivity index is 2.17. The number of nitrogens with one attached hydrogen (secondary N) is 2. The van der Waals surface area contributed by atoms with E-state index in [1.54, 1.807) is 11.3 Å². The van der Waals surface area contributed by atoms with Crippen LogP contribution in [0.25, 0.3) is 0 Å². The summed E-state index contributed by atoms with van der Waals surface area (Å²) in [6.07, 6.45) is 3.40. The Hall–Kier alpha value is -0.940. The lowest BCUT2D eigenvalue weighted by molar-refractivity contribution is -0.122. The van der Waals surface area contributed by atoms with E-state index in [-0.39, 0.29) is 11.4 Å². The van der Waals surface area contributed by atoms with Crippen molar-refractivity contribution < 1.29 is 4.79 Å². The van der Waals surface area contributed by atoms with Crippen molar-refractivity contribution in [2.75, 3.05) is 6.54 Å². The van der Waals surface area contributed by atoms with Gasteiger partial charge in [0.15, 0.2) is 0 Å². The second kappa shape index (κ2) is 6.85. The first-order valence-corrected chi connectivity index (χ1v) is 7.17. The summed E-state index contributed by atoms with van der Waals surface area (Å²) >= 11 is 1.73. The third kappa shape index (κ3) is 6.12. The Morgan fingerprint density at radius 1 is 1.44 bits per heavy atom. The fourth-order valence-electron chi connectivity index (χ4n) is 1.49. The fourth-order valence-corrected chi connectivity index (χ4v) is 2.32. The first kappa shape index (κ1) is 15.1. The Bertz CT molecular complexity index is 382. The molecule has 4 nitrogen and oxygen atoms in total. The van der Waals surface area contributed by atoms with Crippen LogP contribution in [0.4, 0.5) is 0 Å². The monoisotopic (exact) mass is 269 g/mol. The third-order valence-corrected chi connectivity index (χ3v) is 3.39. The molecular weight excluding hydrogens is 246 g/mol. The van der Waals surface area contributed by atoms with E-state index in [0.717, 1.165) is 18.0 Å². The van der Waals surface area contributed by atoms with E-state index in [0.29, 0.717) is 13.0 Å². The molecule has 1 rings (SSSR count). The Morgan fingerprint density at radius 2 is 2.17 bits per heavy atom. The highest BCUT2D eigenvalue weighted by molar-refractivity contribution is 7.11. The van der Waals surface area contributed by atoms with E-state index < -0.39 is 0 Å². The van der Waals surface area contributed by atoms with Gasteiger partial charge >= 0.3 is 0 Å². The number of nitrogens with zero attached hydrogens (tertiary/aromatic N) is 1. The van der Waals surface area contributed by atoms with Crippen molar-refractivity contribution in [1.29, 1.82) is 0 Å². The van der Waals surface area contributed by atoms with Crippen LogP contribution in [-0.2, 0) is 17.8 Å². The number of aromatic nitrogens is 1. The highest BCUT2D eigenvalue weighted by Gasteiger charge is 2.12. The van der Waals surface area contributed by atoms with E-state index >= 15 is 0 Å². The second-order valence-corrected chi connectivity index (χ2v) is 6.50. The maximum Gasteiger partial charge on any atom is 0.221 e. The number of carbonyl (C=O) groups is 1. The number of rotatable bonds is 6. The molecule has 0 saturated carbocycles. The lowest BCUT2D eigenvalue weighted by Gasteiger charge is -2.20. The molecule has 1 heterocycles. The minimum atomic E-state index is -0.148. The quantitative estimate of drug-likeness (QED) is 0.778. The molecular formula is C13H23N3OS. The van der Waals surface area contributed by atoms with Gasteiger partial charge in [0.25, 0.3) is 0 Å². The molecule has 0 saturated heterocycles. The molecule has 0 aliphatic carbocycles. The van der Waals surface area contributed by atoms with Crippen molar-refractivity contribution >= 4 is 17.2 Å². The van der Waals surface area contributed by atoms with Gasteiger partial charge in [-0.25, -0.2) is 4.98 Å². The minimum Gasteiger partial charge on any atom is -0.351 e. The van der Waals surface area contributed by atoms with Gasteiger partial charge in [0.05, 0.1) is 5.01 Å². The SMILES string of the molecule is CCc1ncc(CNCCC(=O)NC(C)(C)C)s1. The normalized spacial score (nSPS) is 11.6. The number of aryl methyl sites for hydroxylation is 1. The van der Waals surface area contributed by atoms with Crippen LogP contribution in [0.1, 0.15) is 44.0 Å². The summed E-state index contributed by atoms with van der Waals surface area (Å²) in [6, 6.07) is 0. The predicted molar refractivity (Wildman–Crippen MR) is 75.7 cm³/mol. The van der Waals surface area contributed by atoms with Gasteiger partial charge < -0.3 is 10.6 Å². The van der Waals surface area contributed by atoms with Gasteiger partial charge in [0.1, 0.15) is 0 Å². The summed E-state index contributed by atoms with van der Waals surface area (Å²) in [5, 5.41) is 7.37. The summed E-state index contributed by atoms with van der Waals surface area (Å²) in [6.45, 7) is 9.56. The zero-order valence-corrected chi connectivity index (χ0v) is 12.5. The Morgan fingerprint density at radius 3 is 2.72 bits per heavy atom. The molecule has 0 aromatic carbocycles. The van der Waals surface area contributed by atoms with Gasteiger partial charge in [-0.05, 0) is 27.2 Å². The van der Waals surface area contributed by atoms with Crippen LogP contribution in [0.3, 0.4) is 0 Å². The average Bonchev–Trinajstić information content (AvgIpc) is 2.70. The zero-order chi connectivity index (χ0) is 13.6. The van der Waals surface area contributed by atoms with Crippen molar-refractivity contribution in [1.82, 2.24) is 15.6 Å². The number of thiazole rings is 1. The third-order valence-electron chi connectivity index (χ3n) is 2.25. The lowest BCUT2D eigenvalue weighted by Crippen LogP contribution is -2.41. The molecule has 0 unspecified atom stereocenters. The average molecular weight is 269 g/mol. The summed E-state index contributed by atoms with van der Waals surface area (Å²) < 4.78 is 0. The van der Waals surface area contributed by atoms with Crippen LogP contribution in [0, 0.1) is 0 Å². The predicted octanol–water partition coefficient (Wildman–Crippen LogP) is 2.10. The molecule has 1 aromatic rings. The molecule has 0 radical (unpaired) electrons. The highest BCUT2D eigenvalue weighted by Crippen LogP contribution is 2.12. The zero-order valence-electron chi connectivity index (χ0n) is 11.7. The highest BCUT2D eigenvalue weighted by atomic mass is 32.1. The lowest BCUT2D eigenvalue weighted by atomic mass is 10.1. The number of hydrogen-bond acceptors (Lipinski definition) is 4. The van der Waals surface area contributed by atoms with E-state index in [4.69, 9.17) is 0 Å². The molecule has 18 heavy (non-hydrogen) atoms. The topological polar surface area (TPSA) is 54.0 Å².